The van der Waals surface area contributed by atoms with Gasteiger partial charge in [0.2, 0.25) is 0 Å². The lowest BCUT2D eigenvalue weighted by molar-refractivity contribution is 0.917. The molecule has 0 unspecified atom stereocenters. The molecule has 1 fully saturated rings. The van der Waals surface area contributed by atoms with E-state index in [0.717, 1.165) is 41.8 Å². The van der Waals surface area contributed by atoms with Crippen LogP contribution in [0, 0.1) is 6.92 Å². The Bertz CT molecular complexity index is 605. The standard InChI is InChI=1S/C16H21N5/c1-3-17-14-8-15(21-16(20-14)13-6-7-13)19-10-12-5-4-11(2)18-9-12/h4-5,8-9,13H,3,6-7,10H2,1-2H3,(H2,17,19,20,21). The summed E-state index contributed by atoms with van der Waals surface area (Å²) in [6, 6.07) is 6.08. The SMILES string of the molecule is CCNc1cc(NCc2ccc(C)nc2)nc(C2CC2)n1. The van der Waals surface area contributed by atoms with Crippen LogP contribution in [0.25, 0.3) is 0 Å². The van der Waals surface area contributed by atoms with Gasteiger partial charge in [-0.05, 0) is 38.3 Å². The number of hydrogen-bond acceptors (Lipinski definition) is 5. The van der Waals surface area contributed by atoms with Crippen LogP contribution in [0.5, 0.6) is 0 Å². The molecule has 2 aromatic rings. The van der Waals surface area contributed by atoms with E-state index in [4.69, 9.17) is 0 Å². The summed E-state index contributed by atoms with van der Waals surface area (Å²) in [4.78, 5) is 13.5. The van der Waals surface area contributed by atoms with E-state index in [2.05, 4.69) is 38.6 Å². The molecule has 1 saturated carbocycles. The zero-order valence-corrected chi connectivity index (χ0v) is 12.6. The molecule has 0 amide bonds. The van der Waals surface area contributed by atoms with Crippen LogP contribution in [-0.2, 0) is 6.54 Å². The van der Waals surface area contributed by atoms with Crippen molar-refractivity contribution in [2.24, 2.45) is 0 Å². The van der Waals surface area contributed by atoms with Gasteiger partial charge in [-0.2, -0.15) is 0 Å². The second-order valence-electron chi connectivity index (χ2n) is 5.46. The first-order chi connectivity index (χ1) is 10.2. The fourth-order valence-electron chi connectivity index (χ4n) is 2.15. The van der Waals surface area contributed by atoms with Crippen molar-refractivity contribution < 1.29 is 0 Å². The first-order valence-electron chi connectivity index (χ1n) is 7.53. The molecule has 2 N–H and O–H groups in total. The molecule has 2 aromatic heterocycles. The summed E-state index contributed by atoms with van der Waals surface area (Å²) < 4.78 is 0. The molecule has 1 aliphatic rings. The third kappa shape index (κ3) is 3.68. The number of nitrogens with one attached hydrogen (secondary N) is 2. The maximum Gasteiger partial charge on any atom is 0.136 e. The van der Waals surface area contributed by atoms with Crippen LogP contribution in [0.2, 0.25) is 0 Å². The van der Waals surface area contributed by atoms with Crippen molar-refractivity contribution >= 4 is 11.6 Å². The van der Waals surface area contributed by atoms with Crippen molar-refractivity contribution in [3.05, 3.63) is 41.5 Å². The van der Waals surface area contributed by atoms with E-state index < -0.39 is 0 Å². The van der Waals surface area contributed by atoms with E-state index in [1.165, 1.54) is 12.8 Å². The van der Waals surface area contributed by atoms with Crippen molar-refractivity contribution in [2.75, 3.05) is 17.2 Å². The maximum atomic E-state index is 4.63. The van der Waals surface area contributed by atoms with Gasteiger partial charge in [0, 0.05) is 37.0 Å². The molecule has 0 bridgehead atoms. The summed E-state index contributed by atoms with van der Waals surface area (Å²) in [5.41, 5.74) is 2.18. The lowest BCUT2D eigenvalue weighted by Crippen LogP contribution is -2.08. The van der Waals surface area contributed by atoms with Gasteiger partial charge in [0.15, 0.2) is 0 Å². The summed E-state index contributed by atoms with van der Waals surface area (Å²) in [7, 11) is 0. The molecule has 0 spiro atoms. The highest BCUT2D eigenvalue weighted by atomic mass is 15.1. The molecular weight excluding hydrogens is 262 g/mol. The third-order valence-electron chi connectivity index (χ3n) is 3.49. The summed E-state index contributed by atoms with van der Waals surface area (Å²) in [6.07, 6.45) is 4.31. The molecule has 0 aliphatic heterocycles. The topological polar surface area (TPSA) is 62.7 Å². The Labute approximate surface area is 125 Å². The fraction of sp³-hybridized carbons (Fsp3) is 0.438. The highest BCUT2D eigenvalue weighted by Gasteiger charge is 2.27. The van der Waals surface area contributed by atoms with E-state index in [1.54, 1.807) is 0 Å². The maximum absolute atomic E-state index is 4.63. The molecule has 0 atom stereocenters. The van der Waals surface area contributed by atoms with E-state index >= 15 is 0 Å². The van der Waals surface area contributed by atoms with Crippen molar-refractivity contribution in [3.63, 3.8) is 0 Å². The Morgan fingerprint density at radius 2 is 1.90 bits per heavy atom. The molecule has 0 saturated heterocycles. The fourth-order valence-corrected chi connectivity index (χ4v) is 2.15. The number of anilines is 2. The van der Waals surface area contributed by atoms with Gasteiger partial charge in [-0.3, -0.25) is 4.98 Å². The second kappa shape index (κ2) is 6.08. The minimum Gasteiger partial charge on any atom is -0.370 e. The highest BCUT2D eigenvalue weighted by molar-refractivity contribution is 5.48. The van der Waals surface area contributed by atoms with Crippen LogP contribution in [0.4, 0.5) is 11.6 Å². The third-order valence-corrected chi connectivity index (χ3v) is 3.49. The lowest BCUT2D eigenvalue weighted by Gasteiger charge is -2.10. The first kappa shape index (κ1) is 13.8. The number of hydrogen-bond donors (Lipinski definition) is 2. The molecule has 2 heterocycles. The summed E-state index contributed by atoms with van der Waals surface area (Å²) in [6.45, 7) is 5.65. The first-order valence-corrected chi connectivity index (χ1v) is 7.53. The normalized spacial score (nSPS) is 14.0. The second-order valence-corrected chi connectivity index (χ2v) is 5.46. The smallest absolute Gasteiger partial charge is 0.136 e. The average molecular weight is 283 g/mol. The highest BCUT2D eigenvalue weighted by Crippen LogP contribution is 2.38. The zero-order chi connectivity index (χ0) is 14.7. The molecular formula is C16H21N5. The van der Waals surface area contributed by atoms with E-state index in [0.29, 0.717) is 5.92 Å². The summed E-state index contributed by atoms with van der Waals surface area (Å²) in [5.74, 6) is 3.28. The lowest BCUT2D eigenvalue weighted by atomic mass is 10.2. The van der Waals surface area contributed by atoms with Crippen molar-refractivity contribution in [1.29, 1.82) is 0 Å². The van der Waals surface area contributed by atoms with Gasteiger partial charge >= 0.3 is 0 Å². The molecule has 21 heavy (non-hydrogen) atoms. The molecule has 1 aliphatic carbocycles. The van der Waals surface area contributed by atoms with Crippen LogP contribution in [0.15, 0.2) is 24.4 Å². The molecule has 3 rings (SSSR count). The number of rotatable bonds is 6. The van der Waals surface area contributed by atoms with Crippen molar-refractivity contribution in [3.8, 4) is 0 Å². The van der Waals surface area contributed by atoms with Crippen LogP contribution < -0.4 is 10.6 Å². The summed E-state index contributed by atoms with van der Waals surface area (Å²) >= 11 is 0. The van der Waals surface area contributed by atoms with E-state index in [-0.39, 0.29) is 0 Å². The number of pyridine rings is 1. The minimum atomic E-state index is 0.546. The Morgan fingerprint density at radius 3 is 2.52 bits per heavy atom. The van der Waals surface area contributed by atoms with Crippen molar-refractivity contribution in [1.82, 2.24) is 15.0 Å². The predicted molar refractivity (Wildman–Crippen MR) is 84.5 cm³/mol. The number of aryl methyl sites for hydroxylation is 1. The van der Waals surface area contributed by atoms with Gasteiger partial charge in [0.1, 0.15) is 17.5 Å². The quantitative estimate of drug-likeness (QED) is 0.853. The average Bonchev–Trinajstić information content (AvgIpc) is 3.31. The molecule has 110 valence electrons. The van der Waals surface area contributed by atoms with E-state index in [1.807, 2.05) is 25.3 Å². The van der Waals surface area contributed by atoms with Gasteiger partial charge in [-0.1, -0.05) is 6.07 Å². The number of nitrogens with zero attached hydrogens (tertiary/aromatic N) is 3. The minimum absolute atomic E-state index is 0.546. The van der Waals surface area contributed by atoms with Crippen LogP contribution in [0.3, 0.4) is 0 Å². The monoisotopic (exact) mass is 283 g/mol. The van der Waals surface area contributed by atoms with Crippen LogP contribution >= 0.6 is 0 Å². The van der Waals surface area contributed by atoms with Crippen LogP contribution in [-0.4, -0.2) is 21.5 Å². The van der Waals surface area contributed by atoms with Gasteiger partial charge in [-0.25, -0.2) is 9.97 Å². The Balaban J connectivity index is 1.72. The summed E-state index contributed by atoms with van der Waals surface area (Å²) in [5, 5.41) is 6.64. The predicted octanol–water partition coefficient (Wildman–Crippen LogP) is 3.10. The Hall–Kier alpha value is -2.17. The molecule has 0 aromatic carbocycles. The Morgan fingerprint density at radius 1 is 1.14 bits per heavy atom. The van der Waals surface area contributed by atoms with Crippen LogP contribution in [0.1, 0.15) is 42.8 Å². The molecule has 5 nitrogen and oxygen atoms in total. The van der Waals surface area contributed by atoms with Gasteiger partial charge in [0.05, 0.1) is 0 Å². The molecule has 5 heteroatoms. The largest absolute Gasteiger partial charge is 0.370 e. The van der Waals surface area contributed by atoms with Gasteiger partial charge in [0.25, 0.3) is 0 Å². The van der Waals surface area contributed by atoms with Gasteiger partial charge < -0.3 is 10.6 Å². The Kier molecular flexibility index (Phi) is 3.99. The number of aromatic nitrogens is 3. The zero-order valence-electron chi connectivity index (χ0n) is 12.6. The molecule has 0 radical (unpaired) electrons. The van der Waals surface area contributed by atoms with E-state index in [9.17, 15) is 0 Å². The van der Waals surface area contributed by atoms with Crippen molar-refractivity contribution in [2.45, 2.75) is 39.2 Å². The van der Waals surface area contributed by atoms with Gasteiger partial charge in [-0.15, -0.1) is 0 Å².